The summed E-state index contributed by atoms with van der Waals surface area (Å²) in [7, 11) is 0. The lowest BCUT2D eigenvalue weighted by Gasteiger charge is -2.27. The van der Waals surface area contributed by atoms with Gasteiger partial charge in [-0.15, -0.1) is 0 Å². The number of hydrogen-bond acceptors (Lipinski definition) is 4. The van der Waals surface area contributed by atoms with Crippen molar-refractivity contribution >= 4 is 17.6 Å². The zero-order chi connectivity index (χ0) is 16.2. The number of nitrogens with one attached hydrogen (secondary N) is 2. The topological polar surface area (TPSA) is 73.9 Å². The molecule has 2 aliphatic rings. The number of benzene rings is 1. The van der Waals surface area contributed by atoms with Gasteiger partial charge in [-0.1, -0.05) is 6.07 Å². The number of carbonyl (C=O) groups excluding carboxylic acids is 2. The third-order valence-corrected chi connectivity index (χ3v) is 3.85. The number of morpholine rings is 1. The van der Waals surface area contributed by atoms with Crippen LogP contribution in [0.5, 0.6) is 0 Å². The summed E-state index contributed by atoms with van der Waals surface area (Å²) in [5.74, 6) is -0.524. The molecule has 0 bridgehead atoms. The fourth-order valence-electron chi connectivity index (χ4n) is 2.73. The number of hydrogen-bond donors (Lipinski definition) is 2. The van der Waals surface area contributed by atoms with Crippen molar-refractivity contribution in [2.45, 2.75) is 12.5 Å². The van der Waals surface area contributed by atoms with Gasteiger partial charge in [-0.2, -0.15) is 0 Å². The van der Waals surface area contributed by atoms with Crippen molar-refractivity contribution in [2.75, 3.05) is 37.7 Å². The summed E-state index contributed by atoms with van der Waals surface area (Å²) in [5.41, 5.74) is 3.25. The van der Waals surface area contributed by atoms with Gasteiger partial charge in [0.15, 0.2) is 0 Å². The van der Waals surface area contributed by atoms with Gasteiger partial charge in [0.25, 0.3) is 0 Å². The molecule has 2 fully saturated rings. The summed E-state index contributed by atoms with van der Waals surface area (Å²) >= 11 is 0. The number of halogens is 1. The van der Waals surface area contributed by atoms with Crippen molar-refractivity contribution in [3.63, 3.8) is 0 Å². The van der Waals surface area contributed by atoms with Gasteiger partial charge in [-0.3, -0.25) is 10.2 Å². The largest absolute Gasteiger partial charge is 0.379 e. The van der Waals surface area contributed by atoms with Crippen molar-refractivity contribution in [3.8, 4) is 0 Å². The van der Waals surface area contributed by atoms with E-state index in [1.807, 2.05) is 0 Å². The molecule has 2 saturated heterocycles. The number of urea groups is 1. The molecule has 1 unspecified atom stereocenters. The van der Waals surface area contributed by atoms with Crippen molar-refractivity contribution in [2.24, 2.45) is 0 Å². The van der Waals surface area contributed by atoms with Crippen LogP contribution in [0.3, 0.4) is 0 Å². The van der Waals surface area contributed by atoms with Crippen LogP contribution in [-0.4, -0.2) is 55.8 Å². The van der Waals surface area contributed by atoms with Crippen LogP contribution in [0.15, 0.2) is 24.3 Å². The second-order valence-corrected chi connectivity index (χ2v) is 5.57. The molecule has 3 rings (SSSR count). The van der Waals surface area contributed by atoms with Crippen molar-refractivity contribution < 1.29 is 18.7 Å². The molecule has 1 atom stereocenters. The van der Waals surface area contributed by atoms with Gasteiger partial charge in [0.1, 0.15) is 5.82 Å². The number of carbonyl (C=O) groups is 2. The van der Waals surface area contributed by atoms with Crippen LogP contribution < -0.4 is 15.6 Å². The third kappa shape index (κ3) is 3.96. The van der Waals surface area contributed by atoms with E-state index in [4.69, 9.17) is 4.74 Å². The fraction of sp³-hybridized carbons (Fsp3) is 0.467. The minimum absolute atomic E-state index is 0.132. The average molecular weight is 322 g/mol. The van der Waals surface area contributed by atoms with Crippen LogP contribution in [0, 0.1) is 5.82 Å². The Morgan fingerprint density at radius 1 is 1.30 bits per heavy atom. The zero-order valence-corrected chi connectivity index (χ0v) is 12.6. The molecule has 0 spiro atoms. The summed E-state index contributed by atoms with van der Waals surface area (Å²) in [6.45, 7) is 2.75. The lowest BCUT2D eigenvalue weighted by atomic mass is 10.2. The quantitative estimate of drug-likeness (QED) is 0.849. The van der Waals surface area contributed by atoms with Gasteiger partial charge in [-0.25, -0.2) is 14.2 Å². The summed E-state index contributed by atoms with van der Waals surface area (Å²) in [4.78, 5) is 25.5. The summed E-state index contributed by atoms with van der Waals surface area (Å²) in [6.07, 6.45) is 0.201. The molecule has 0 radical (unpaired) electrons. The van der Waals surface area contributed by atoms with Crippen LogP contribution in [0.4, 0.5) is 14.9 Å². The summed E-state index contributed by atoms with van der Waals surface area (Å²) in [5, 5.41) is 4.56. The molecule has 0 aliphatic carbocycles. The monoisotopic (exact) mass is 322 g/mol. The van der Waals surface area contributed by atoms with E-state index in [0.717, 1.165) is 0 Å². The Labute approximate surface area is 133 Å². The maximum absolute atomic E-state index is 13.3. The Kier molecular flexibility index (Phi) is 4.73. The molecule has 7 nitrogen and oxygen atoms in total. The first-order chi connectivity index (χ1) is 11.1. The van der Waals surface area contributed by atoms with Crippen molar-refractivity contribution in [3.05, 3.63) is 30.1 Å². The van der Waals surface area contributed by atoms with Crippen LogP contribution in [-0.2, 0) is 9.53 Å². The summed E-state index contributed by atoms with van der Waals surface area (Å²) < 4.78 is 18.5. The molecule has 3 amide bonds. The van der Waals surface area contributed by atoms with Crippen LogP contribution in [0.25, 0.3) is 0 Å². The number of anilines is 1. The molecule has 0 aromatic heterocycles. The highest BCUT2D eigenvalue weighted by Gasteiger charge is 2.32. The molecular formula is C15H19FN4O3. The first kappa shape index (κ1) is 15.7. The minimum atomic E-state index is -0.392. The van der Waals surface area contributed by atoms with E-state index in [1.54, 1.807) is 17.1 Å². The molecule has 124 valence electrons. The normalized spacial score (nSPS) is 22.2. The van der Waals surface area contributed by atoms with Crippen molar-refractivity contribution in [1.82, 2.24) is 15.8 Å². The highest BCUT2D eigenvalue weighted by Crippen LogP contribution is 2.22. The predicted molar refractivity (Wildman–Crippen MR) is 81.2 cm³/mol. The van der Waals surface area contributed by atoms with Gasteiger partial charge in [0, 0.05) is 31.7 Å². The van der Waals surface area contributed by atoms with E-state index in [-0.39, 0.29) is 24.4 Å². The molecular weight excluding hydrogens is 303 g/mol. The number of nitrogens with zero attached hydrogens (tertiary/aromatic N) is 2. The SMILES string of the molecule is O=C(NC1CC(=O)N(c2cccc(F)c2)C1)NN1CCOCC1. The summed E-state index contributed by atoms with van der Waals surface area (Å²) in [6, 6.07) is 5.24. The van der Waals surface area contributed by atoms with E-state index < -0.39 is 5.82 Å². The van der Waals surface area contributed by atoms with E-state index in [9.17, 15) is 14.0 Å². The second-order valence-electron chi connectivity index (χ2n) is 5.57. The maximum Gasteiger partial charge on any atom is 0.329 e. The van der Waals surface area contributed by atoms with Crippen LogP contribution in [0.1, 0.15) is 6.42 Å². The van der Waals surface area contributed by atoms with Gasteiger partial charge >= 0.3 is 6.03 Å². The van der Waals surface area contributed by atoms with E-state index in [0.29, 0.717) is 38.5 Å². The standard InChI is InChI=1S/C15H19FN4O3/c16-11-2-1-3-13(8-11)20-10-12(9-14(20)21)17-15(22)18-19-4-6-23-7-5-19/h1-3,8,12H,4-7,9-10H2,(H2,17,18,22). The highest BCUT2D eigenvalue weighted by molar-refractivity contribution is 5.96. The molecule has 1 aromatic rings. The zero-order valence-electron chi connectivity index (χ0n) is 12.6. The lowest BCUT2D eigenvalue weighted by Crippen LogP contribution is -2.53. The smallest absolute Gasteiger partial charge is 0.329 e. The second kappa shape index (κ2) is 6.93. The Balaban J connectivity index is 1.54. The van der Waals surface area contributed by atoms with Crippen molar-refractivity contribution in [1.29, 1.82) is 0 Å². The molecule has 2 N–H and O–H groups in total. The maximum atomic E-state index is 13.3. The number of hydrazine groups is 1. The lowest BCUT2D eigenvalue weighted by molar-refractivity contribution is -0.117. The molecule has 23 heavy (non-hydrogen) atoms. The Bertz CT molecular complexity index is 592. The Hall–Kier alpha value is -2.19. The Morgan fingerprint density at radius 2 is 2.09 bits per heavy atom. The number of rotatable bonds is 3. The van der Waals surface area contributed by atoms with Gasteiger partial charge < -0.3 is 15.0 Å². The van der Waals surface area contributed by atoms with E-state index in [1.165, 1.54) is 17.0 Å². The minimum Gasteiger partial charge on any atom is -0.379 e. The van der Waals surface area contributed by atoms with E-state index in [2.05, 4.69) is 10.7 Å². The first-order valence-corrected chi connectivity index (χ1v) is 7.57. The highest BCUT2D eigenvalue weighted by atomic mass is 19.1. The van der Waals surface area contributed by atoms with Crippen LogP contribution in [0.2, 0.25) is 0 Å². The third-order valence-electron chi connectivity index (χ3n) is 3.85. The Morgan fingerprint density at radius 3 is 2.83 bits per heavy atom. The van der Waals surface area contributed by atoms with Gasteiger partial charge in [0.05, 0.1) is 19.3 Å². The first-order valence-electron chi connectivity index (χ1n) is 7.57. The van der Waals surface area contributed by atoms with E-state index >= 15 is 0 Å². The molecule has 1 aromatic carbocycles. The fourth-order valence-corrected chi connectivity index (χ4v) is 2.73. The number of amides is 3. The molecule has 0 saturated carbocycles. The van der Waals surface area contributed by atoms with Gasteiger partial charge in [-0.05, 0) is 18.2 Å². The molecule has 2 heterocycles. The predicted octanol–water partition coefficient (Wildman–Crippen LogP) is 0.477. The molecule has 8 heteroatoms. The van der Waals surface area contributed by atoms with Gasteiger partial charge in [0.2, 0.25) is 5.91 Å². The average Bonchev–Trinajstić information content (AvgIpc) is 2.88. The van der Waals surface area contributed by atoms with Crippen LogP contribution >= 0.6 is 0 Å². The number of ether oxygens (including phenoxy) is 1. The molecule has 2 aliphatic heterocycles.